The van der Waals surface area contributed by atoms with E-state index in [2.05, 4.69) is 13.8 Å². The van der Waals surface area contributed by atoms with Crippen LogP contribution in [0.5, 0.6) is 5.75 Å². The van der Waals surface area contributed by atoms with Gasteiger partial charge in [-0.3, -0.25) is 0 Å². The summed E-state index contributed by atoms with van der Waals surface area (Å²) >= 11 is 0. The van der Waals surface area contributed by atoms with Gasteiger partial charge in [0.2, 0.25) is 0 Å². The fraction of sp³-hybridized carbons (Fsp3) is 0.571. The largest absolute Gasteiger partial charge is 0.491 e. The van der Waals surface area contributed by atoms with Gasteiger partial charge in [-0.05, 0) is 31.0 Å². The van der Waals surface area contributed by atoms with E-state index in [9.17, 15) is 9.50 Å². The SMILES string of the molecule is CC(C)COCCOc1ccc(F)cc1[C@H](C)O. The van der Waals surface area contributed by atoms with Crippen LogP contribution in [0.3, 0.4) is 0 Å². The molecule has 1 atom stereocenters. The Balaban J connectivity index is 2.46. The molecule has 3 nitrogen and oxygen atoms in total. The van der Waals surface area contributed by atoms with Crippen molar-refractivity contribution in [2.45, 2.75) is 26.9 Å². The smallest absolute Gasteiger partial charge is 0.125 e. The average molecular weight is 256 g/mol. The molecule has 0 saturated heterocycles. The number of halogens is 1. The molecule has 0 bridgehead atoms. The monoisotopic (exact) mass is 256 g/mol. The molecule has 0 saturated carbocycles. The lowest BCUT2D eigenvalue weighted by Crippen LogP contribution is -2.11. The topological polar surface area (TPSA) is 38.7 Å². The molecule has 1 rings (SSSR count). The first-order chi connectivity index (χ1) is 8.50. The van der Waals surface area contributed by atoms with E-state index in [4.69, 9.17) is 9.47 Å². The van der Waals surface area contributed by atoms with Gasteiger partial charge in [-0.2, -0.15) is 0 Å². The van der Waals surface area contributed by atoms with Gasteiger partial charge in [0.25, 0.3) is 0 Å². The van der Waals surface area contributed by atoms with Crippen molar-refractivity contribution in [2.24, 2.45) is 5.92 Å². The highest BCUT2D eigenvalue weighted by Gasteiger charge is 2.10. The van der Waals surface area contributed by atoms with Crippen molar-refractivity contribution >= 4 is 0 Å². The van der Waals surface area contributed by atoms with Crippen molar-refractivity contribution in [1.82, 2.24) is 0 Å². The molecule has 4 heteroatoms. The molecule has 0 amide bonds. The lowest BCUT2D eigenvalue weighted by molar-refractivity contribution is 0.0805. The second-order valence-electron chi connectivity index (χ2n) is 4.68. The summed E-state index contributed by atoms with van der Waals surface area (Å²) in [4.78, 5) is 0. The summed E-state index contributed by atoms with van der Waals surface area (Å²) in [5.74, 6) is 0.609. The van der Waals surface area contributed by atoms with Crippen molar-refractivity contribution < 1.29 is 19.0 Å². The molecular formula is C14H21FO3. The molecule has 0 radical (unpaired) electrons. The molecule has 0 aliphatic heterocycles. The molecule has 0 aliphatic rings. The summed E-state index contributed by atoms with van der Waals surface area (Å²) in [6.07, 6.45) is -0.757. The van der Waals surface area contributed by atoms with Crippen LogP contribution in [0.2, 0.25) is 0 Å². The standard InChI is InChI=1S/C14H21FO3/c1-10(2)9-17-6-7-18-14-5-4-12(15)8-13(14)11(3)16/h4-5,8,10-11,16H,6-7,9H2,1-3H3/t11-/m0/s1. The van der Waals surface area contributed by atoms with E-state index in [1.807, 2.05) is 0 Å². The minimum absolute atomic E-state index is 0.380. The van der Waals surface area contributed by atoms with Crippen LogP contribution >= 0.6 is 0 Å². The third kappa shape index (κ3) is 5.02. The molecule has 0 aliphatic carbocycles. The molecule has 0 aromatic heterocycles. The molecule has 0 fully saturated rings. The zero-order valence-electron chi connectivity index (χ0n) is 11.1. The van der Waals surface area contributed by atoms with Gasteiger partial charge in [-0.15, -0.1) is 0 Å². The van der Waals surface area contributed by atoms with E-state index in [0.717, 1.165) is 0 Å². The molecule has 1 N–H and O–H groups in total. The van der Waals surface area contributed by atoms with E-state index in [-0.39, 0.29) is 5.82 Å². The van der Waals surface area contributed by atoms with E-state index < -0.39 is 6.10 Å². The first-order valence-corrected chi connectivity index (χ1v) is 6.18. The van der Waals surface area contributed by atoms with E-state index in [1.165, 1.54) is 18.2 Å². The summed E-state index contributed by atoms with van der Waals surface area (Å²) < 4.78 is 23.9. The number of hydrogen-bond acceptors (Lipinski definition) is 3. The number of ether oxygens (including phenoxy) is 2. The first kappa shape index (κ1) is 14.9. The number of hydrogen-bond donors (Lipinski definition) is 1. The third-order valence-electron chi connectivity index (χ3n) is 2.36. The molecule has 1 aromatic carbocycles. The predicted octanol–water partition coefficient (Wildman–Crippen LogP) is 2.93. The Morgan fingerprint density at radius 1 is 1.22 bits per heavy atom. The predicted molar refractivity (Wildman–Crippen MR) is 68.2 cm³/mol. The van der Waals surface area contributed by atoms with Crippen LogP contribution in [0, 0.1) is 11.7 Å². The van der Waals surface area contributed by atoms with Gasteiger partial charge in [-0.25, -0.2) is 4.39 Å². The van der Waals surface area contributed by atoms with Crippen LogP contribution in [-0.4, -0.2) is 24.9 Å². The fourth-order valence-electron chi connectivity index (χ4n) is 1.51. The summed E-state index contributed by atoms with van der Waals surface area (Å²) in [5.41, 5.74) is 0.457. The molecule has 0 spiro atoms. The highest BCUT2D eigenvalue weighted by Crippen LogP contribution is 2.25. The highest BCUT2D eigenvalue weighted by molar-refractivity contribution is 5.35. The molecule has 0 unspecified atom stereocenters. The van der Waals surface area contributed by atoms with Crippen LogP contribution in [-0.2, 0) is 4.74 Å². The van der Waals surface area contributed by atoms with Gasteiger partial charge in [0.05, 0.1) is 12.7 Å². The maximum atomic E-state index is 13.0. The van der Waals surface area contributed by atoms with Crippen LogP contribution in [0.15, 0.2) is 18.2 Å². The van der Waals surface area contributed by atoms with Crippen LogP contribution in [0.4, 0.5) is 4.39 Å². The van der Waals surface area contributed by atoms with Gasteiger partial charge in [0, 0.05) is 12.2 Å². The Morgan fingerprint density at radius 2 is 1.94 bits per heavy atom. The Morgan fingerprint density at radius 3 is 2.56 bits per heavy atom. The minimum Gasteiger partial charge on any atom is -0.491 e. The quantitative estimate of drug-likeness (QED) is 0.762. The highest BCUT2D eigenvalue weighted by atomic mass is 19.1. The molecular weight excluding hydrogens is 235 g/mol. The van der Waals surface area contributed by atoms with Crippen molar-refractivity contribution in [2.75, 3.05) is 19.8 Å². The lowest BCUT2D eigenvalue weighted by Gasteiger charge is -2.14. The third-order valence-corrected chi connectivity index (χ3v) is 2.36. The van der Waals surface area contributed by atoms with Crippen molar-refractivity contribution in [3.63, 3.8) is 0 Å². The number of rotatable bonds is 7. The maximum absolute atomic E-state index is 13.0. The summed E-state index contributed by atoms with van der Waals surface area (Å²) in [7, 11) is 0. The maximum Gasteiger partial charge on any atom is 0.125 e. The Bertz CT molecular complexity index is 364. The number of benzene rings is 1. The van der Waals surface area contributed by atoms with Crippen LogP contribution in [0.1, 0.15) is 32.4 Å². The second-order valence-corrected chi connectivity index (χ2v) is 4.68. The lowest BCUT2D eigenvalue weighted by atomic mass is 10.1. The Labute approximate surface area is 108 Å². The van der Waals surface area contributed by atoms with Gasteiger partial charge >= 0.3 is 0 Å². The van der Waals surface area contributed by atoms with E-state index in [0.29, 0.717) is 37.1 Å². The molecule has 0 heterocycles. The van der Waals surface area contributed by atoms with Crippen molar-refractivity contribution in [3.8, 4) is 5.75 Å². The summed E-state index contributed by atoms with van der Waals surface area (Å²) in [6, 6.07) is 4.13. The Kier molecular flexibility index (Phi) is 6.09. The van der Waals surface area contributed by atoms with Crippen LogP contribution in [0.25, 0.3) is 0 Å². The average Bonchev–Trinajstić information content (AvgIpc) is 2.29. The van der Waals surface area contributed by atoms with Crippen LogP contribution < -0.4 is 4.74 Å². The van der Waals surface area contributed by atoms with Gasteiger partial charge in [0.15, 0.2) is 0 Å². The van der Waals surface area contributed by atoms with Gasteiger partial charge < -0.3 is 14.6 Å². The van der Waals surface area contributed by atoms with Crippen molar-refractivity contribution in [1.29, 1.82) is 0 Å². The van der Waals surface area contributed by atoms with E-state index in [1.54, 1.807) is 6.92 Å². The molecule has 18 heavy (non-hydrogen) atoms. The van der Waals surface area contributed by atoms with E-state index >= 15 is 0 Å². The Hall–Kier alpha value is -1.13. The number of aliphatic hydroxyl groups excluding tert-OH is 1. The van der Waals surface area contributed by atoms with Gasteiger partial charge in [0.1, 0.15) is 18.2 Å². The second kappa shape index (κ2) is 7.34. The summed E-state index contributed by atoms with van der Waals surface area (Å²) in [6.45, 7) is 7.29. The van der Waals surface area contributed by atoms with Crippen molar-refractivity contribution in [3.05, 3.63) is 29.6 Å². The zero-order chi connectivity index (χ0) is 13.5. The number of aliphatic hydroxyl groups is 1. The molecule has 1 aromatic rings. The fourth-order valence-corrected chi connectivity index (χ4v) is 1.51. The molecule has 102 valence electrons. The van der Waals surface area contributed by atoms with Gasteiger partial charge in [-0.1, -0.05) is 13.8 Å². The summed E-state index contributed by atoms with van der Waals surface area (Å²) in [5, 5.41) is 9.53. The first-order valence-electron chi connectivity index (χ1n) is 6.18. The zero-order valence-corrected chi connectivity index (χ0v) is 11.1. The minimum atomic E-state index is -0.757. The normalized spacial score (nSPS) is 12.8.